The van der Waals surface area contributed by atoms with Crippen LogP contribution in [0.3, 0.4) is 0 Å². The number of rotatable bonds is 4. The molecule has 4 nitrogen and oxygen atoms in total. The van der Waals surface area contributed by atoms with Crippen LogP contribution >= 0.6 is 0 Å². The zero-order valence-electron chi connectivity index (χ0n) is 9.22. The third kappa shape index (κ3) is 2.34. The first-order valence-corrected chi connectivity index (χ1v) is 4.82. The first-order chi connectivity index (χ1) is 6.69. The first-order valence-electron chi connectivity index (χ1n) is 4.82. The summed E-state index contributed by atoms with van der Waals surface area (Å²) < 4.78 is 5.16. The average Bonchev–Trinajstić information content (AvgIpc) is 2.18. The Bertz CT molecular complexity index is 312. The zero-order valence-corrected chi connectivity index (χ0v) is 9.22. The minimum atomic E-state index is 0.649. The number of anilines is 1. The van der Waals surface area contributed by atoms with Crippen LogP contribution in [0.2, 0.25) is 0 Å². The Morgan fingerprint density at radius 3 is 2.57 bits per heavy atom. The summed E-state index contributed by atoms with van der Waals surface area (Å²) in [6, 6.07) is 0. The number of aromatic nitrogens is 2. The van der Waals surface area contributed by atoms with Crippen LogP contribution in [0.15, 0.2) is 0 Å². The molecule has 0 radical (unpaired) electrons. The summed E-state index contributed by atoms with van der Waals surface area (Å²) in [4.78, 5) is 8.50. The van der Waals surface area contributed by atoms with Crippen molar-refractivity contribution in [3.63, 3.8) is 0 Å². The Balaban J connectivity index is 2.96. The summed E-state index contributed by atoms with van der Waals surface area (Å²) in [5.74, 6) is 2.25. The van der Waals surface area contributed by atoms with Gasteiger partial charge in [0, 0.05) is 6.54 Å². The van der Waals surface area contributed by atoms with E-state index < -0.39 is 0 Å². The van der Waals surface area contributed by atoms with Crippen molar-refractivity contribution in [3.8, 4) is 5.88 Å². The predicted molar refractivity (Wildman–Crippen MR) is 56.8 cm³/mol. The van der Waals surface area contributed by atoms with Crippen LogP contribution in [-0.2, 0) is 0 Å². The lowest BCUT2D eigenvalue weighted by Gasteiger charge is -2.10. The van der Waals surface area contributed by atoms with Gasteiger partial charge < -0.3 is 10.1 Å². The molecule has 0 aliphatic carbocycles. The number of methoxy groups -OCH3 is 1. The lowest BCUT2D eigenvalue weighted by Crippen LogP contribution is -2.07. The van der Waals surface area contributed by atoms with E-state index in [-0.39, 0.29) is 0 Å². The maximum Gasteiger partial charge on any atom is 0.221 e. The molecule has 0 amide bonds. The molecule has 1 aromatic rings. The van der Waals surface area contributed by atoms with Crippen LogP contribution in [0.5, 0.6) is 5.88 Å². The molecule has 0 bridgehead atoms. The van der Waals surface area contributed by atoms with Gasteiger partial charge in [-0.2, -0.15) is 4.98 Å². The maximum absolute atomic E-state index is 5.16. The number of ether oxygens (including phenoxy) is 1. The van der Waals surface area contributed by atoms with E-state index in [2.05, 4.69) is 22.2 Å². The summed E-state index contributed by atoms with van der Waals surface area (Å²) in [7, 11) is 1.62. The van der Waals surface area contributed by atoms with Gasteiger partial charge in [-0.1, -0.05) is 6.92 Å². The third-order valence-corrected chi connectivity index (χ3v) is 1.95. The molecule has 0 fully saturated rings. The number of aryl methyl sites for hydroxylation is 1. The quantitative estimate of drug-likeness (QED) is 0.797. The highest BCUT2D eigenvalue weighted by molar-refractivity contribution is 5.48. The van der Waals surface area contributed by atoms with Crippen LogP contribution in [0, 0.1) is 13.8 Å². The third-order valence-electron chi connectivity index (χ3n) is 1.95. The van der Waals surface area contributed by atoms with Crippen molar-refractivity contribution in [1.82, 2.24) is 9.97 Å². The molecule has 4 heteroatoms. The van der Waals surface area contributed by atoms with E-state index in [0.717, 1.165) is 30.2 Å². The van der Waals surface area contributed by atoms with Gasteiger partial charge in [-0.3, -0.25) is 0 Å². The average molecular weight is 195 g/mol. The van der Waals surface area contributed by atoms with Crippen molar-refractivity contribution in [1.29, 1.82) is 0 Å². The van der Waals surface area contributed by atoms with Crippen molar-refractivity contribution in [2.24, 2.45) is 0 Å². The molecular weight excluding hydrogens is 178 g/mol. The van der Waals surface area contributed by atoms with Crippen LogP contribution in [-0.4, -0.2) is 23.6 Å². The Labute approximate surface area is 84.7 Å². The molecule has 0 aliphatic heterocycles. The highest BCUT2D eigenvalue weighted by atomic mass is 16.5. The van der Waals surface area contributed by atoms with Gasteiger partial charge in [-0.25, -0.2) is 4.98 Å². The Hall–Kier alpha value is -1.32. The van der Waals surface area contributed by atoms with Crippen LogP contribution in [0.25, 0.3) is 0 Å². The maximum atomic E-state index is 5.16. The molecule has 0 aromatic carbocycles. The van der Waals surface area contributed by atoms with Crippen molar-refractivity contribution >= 4 is 5.82 Å². The first kappa shape index (κ1) is 10.8. The largest absolute Gasteiger partial charge is 0.481 e. The number of nitrogens with zero attached hydrogens (tertiary/aromatic N) is 2. The smallest absolute Gasteiger partial charge is 0.221 e. The van der Waals surface area contributed by atoms with E-state index in [1.54, 1.807) is 7.11 Å². The summed E-state index contributed by atoms with van der Waals surface area (Å²) in [6.07, 6.45) is 1.07. The summed E-state index contributed by atoms with van der Waals surface area (Å²) >= 11 is 0. The second kappa shape index (κ2) is 4.79. The molecule has 0 saturated heterocycles. The molecule has 0 unspecified atom stereocenters. The SMILES string of the molecule is CCCNc1nc(C)nc(OC)c1C. The zero-order chi connectivity index (χ0) is 10.6. The van der Waals surface area contributed by atoms with Crippen molar-refractivity contribution in [2.75, 3.05) is 19.0 Å². The van der Waals surface area contributed by atoms with Crippen molar-refractivity contribution in [3.05, 3.63) is 11.4 Å². The molecule has 14 heavy (non-hydrogen) atoms. The summed E-state index contributed by atoms with van der Waals surface area (Å²) in [6.45, 7) is 6.85. The Morgan fingerprint density at radius 2 is 2.00 bits per heavy atom. The Morgan fingerprint density at radius 1 is 1.29 bits per heavy atom. The summed E-state index contributed by atoms with van der Waals surface area (Å²) in [5.41, 5.74) is 0.964. The molecule has 1 heterocycles. The van der Waals surface area contributed by atoms with Crippen LogP contribution < -0.4 is 10.1 Å². The molecule has 0 saturated carbocycles. The molecule has 1 aromatic heterocycles. The van der Waals surface area contributed by atoms with Gasteiger partial charge in [0.25, 0.3) is 0 Å². The number of hydrogen-bond acceptors (Lipinski definition) is 4. The fourth-order valence-corrected chi connectivity index (χ4v) is 1.22. The van der Waals surface area contributed by atoms with Gasteiger partial charge in [0.2, 0.25) is 5.88 Å². The predicted octanol–water partition coefficient (Wildman–Crippen LogP) is 1.92. The second-order valence-corrected chi connectivity index (χ2v) is 3.18. The fraction of sp³-hybridized carbons (Fsp3) is 0.600. The van der Waals surface area contributed by atoms with E-state index in [9.17, 15) is 0 Å². The van der Waals surface area contributed by atoms with Crippen molar-refractivity contribution < 1.29 is 4.74 Å². The lowest BCUT2D eigenvalue weighted by atomic mass is 10.3. The topological polar surface area (TPSA) is 47.0 Å². The van der Waals surface area contributed by atoms with Gasteiger partial charge in [0.05, 0.1) is 12.7 Å². The van der Waals surface area contributed by atoms with Gasteiger partial charge in [-0.05, 0) is 20.3 Å². The standard InChI is InChI=1S/C10H17N3O/c1-5-6-11-9-7(2)10(14-4)13-8(3)12-9/h5-6H2,1-4H3,(H,11,12,13). The molecule has 78 valence electrons. The van der Waals surface area contributed by atoms with Gasteiger partial charge >= 0.3 is 0 Å². The van der Waals surface area contributed by atoms with Crippen LogP contribution in [0.1, 0.15) is 24.7 Å². The lowest BCUT2D eigenvalue weighted by molar-refractivity contribution is 0.392. The van der Waals surface area contributed by atoms with Gasteiger partial charge in [0.15, 0.2) is 0 Å². The molecule has 1 N–H and O–H groups in total. The highest BCUT2D eigenvalue weighted by Crippen LogP contribution is 2.21. The van der Waals surface area contributed by atoms with E-state index in [0.29, 0.717) is 5.88 Å². The van der Waals surface area contributed by atoms with E-state index in [1.807, 2.05) is 13.8 Å². The van der Waals surface area contributed by atoms with Gasteiger partial charge in [0.1, 0.15) is 11.6 Å². The monoisotopic (exact) mass is 195 g/mol. The molecule has 1 rings (SSSR count). The number of nitrogens with one attached hydrogen (secondary N) is 1. The highest BCUT2D eigenvalue weighted by Gasteiger charge is 2.08. The second-order valence-electron chi connectivity index (χ2n) is 3.18. The minimum absolute atomic E-state index is 0.649. The molecule has 0 aliphatic rings. The van der Waals surface area contributed by atoms with Crippen molar-refractivity contribution in [2.45, 2.75) is 27.2 Å². The number of hydrogen-bond donors (Lipinski definition) is 1. The van der Waals surface area contributed by atoms with Gasteiger partial charge in [-0.15, -0.1) is 0 Å². The minimum Gasteiger partial charge on any atom is -0.481 e. The van der Waals surface area contributed by atoms with E-state index in [4.69, 9.17) is 4.74 Å². The Kier molecular flexibility index (Phi) is 3.68. The fourth-order valence-electron chi connectivity index (χ4n) is 1.22. The van der Waals surface area contributed by atoms with Crippen LogP contribution in [0.4, 0.5) is 5.82 Å². The molecule has 0 spiro atoms. The summed E-state index contributed by atoms with van der Waals surface area (Å²) in [5, 5.41) is 3.25. The normalized spacial score (nSPS) is 10.0. The van der Waals surface area contributed by atoms with E-state index >= 15 is 0 Å². The molecule has 0 atom stereocenters. The van der Waals surface area contributed by atoms with E-state index in [1.165, 1.54) is 0 Å². The molecular formula is C10H17N3O.